The number of thiazole rings is 1. The highest BCUT2D eigenvalue weighted by atomic mass is 35.5. The predicted octanol–water partition coefficient (Wildman–Crippen LogP) is 3.63. The zero-order chi connectivity index (χ0) is 19.5. The highest BCUT2D eigenvalue weighted by Gasteiger charge is 2.24. The third kappa shape index (κ3) is 5.29. The molecule has 0 radical (unpaired) electrons. The van der Waals surface area contributed by atoms with Crippen LogP contribution in [0.2, 0.25) is 0 Å². The Hall–Kier alpha value is -2.19. The molecule has 160 valence electrons. The van der Waals surface area contributed by atoms with Gasteiger partial charge in [0.2, 0.25) is 11.8 Å². The van der Waals surface area contributed by atoms with Gasteiger partial charge in [-0.3, -0.25) is 14.5 Å². The number of carbonyl (C=O) groups is 2. The highest BCUT2D eigenvalue weighted by molar-refractivity contribution is 7.14. The van der Waals surface area contributed by atoms with Crippen molar-refractivity contribution in [1.29, 1.82) is 0 Å². The van der Waals surface area contributed by atoms with Gasteiger partial charge >= 0.3 is 0 Å². The Kier molecular flexibility index (Phi) is 8.61. The molecule has 1 fully saturated rings. The molecule has 1 aliphatic heterocycles. The summed E-state index contributed by atoms with van der Waals surface area (Å²) < 4.78 is 0. The zero-order valence-electron chi connectivity index (χ0n) is 16.2. The number of hydrogen-bond donors (Lipinski definition) is 2. The van der Waals surface area contributed by atoms with Crippen LogP contribution in [0.4, 0.5) is 5.13 Å². The first-order chi connectivity index (χ1) is 13.6. The van der Waals surface area contributed by atoms with Crippen molar-refractivity contribution in [2.75, 3.05) is 18.0 Å². The molecular weight excluding hydrogens is 443 g/mol. The summed E-state index contributed by atoms with van der Waals surface area (Å²) in [6.45, 7) is 1.02. The summed E-state index contributed by atoms with van der Waals surface area (Å²) in [5.74, 6) is -0.0296. The quantitative estimate of drug-likeness (QED) is 0.580. The average Bonchev–Trinajstić information content (AvgIpc) is 3.34. The number of aromatic nitrogens is 1. The zero-order valence-corrected chi connectivity index (χ0v) is 18.7. The summed E-state index contributed by atoms with van der Waals surface area (Å²) >= 11 is 1.40. The van der Waals surface area contributed by atoms with E-state index in [-0.39, 0.29) is 49.1 Å². The van der Waals surface area contributed by atoms with Crippen molar-refractivity contribution in [1.82, 2.24) is 10.3 Å². The summed E-state index contributed by atoms with van der Waals surface area (Å²) in [5, 5.41) is 7.79. The van der Waals surface area contributed by atoms with Crippen LogP contribution in [-0.2, 0) is 16.0 Å². The molecule has 1 unspecified atom stereocenters. The van der Waals surface area contributed by atoms with Crippen LogP contribution in [0.15, 0.2) is 47.8 Å². The lowest BCUT2D eigenvalue weighted by Gasteiger charge is -2.18. The Morgan fingerprint density at radius 3 is 2.67 bits per heavy atom. The number of carbonyl (C=O) groups excluding carboxylic acids is 2. The van der Waals surface area contributed by atoms with Gasteiger partial charge in [0, 0.05) is 24.9 Å². The monoisotopic (exact) mass is 466 g/mol. The minimum Gasteiger partial charge on any atom is -0.348 e. The second-order valence-electron chi connectivity index (χ2n) is 6.91. The maximum absolute atomic E-state index is 12.5. The van der Waals surface area contributed by atoms with Crippen LogP contribution in [0, 0.1) is 0 Å². The third-order valence-electron chi connectivity index (χ3n) is 4.93. The number of amides is 2. The first-order valence-electron chi connectivity index (χ1n) is 9.37. The van der Waals surface area contributed by atoms with Gasteiger partial charge in [0.1, 0.15) is 0 Å². The van der Waals surface area contributed by atoms with Gasteiger partial charge in [-0.2, -0.15) is 0 Å². The molecule has 0 spiro atoms. The molecule has 1 aliphatic rings. The topological polar surface area (TPSA) is 88.3 Å². The molecule has 1 saturated heterocycles. The molecule has 3 aromatic rings. The summed E-state index contributed by atoms with van der Waals surface area (Å²) in [7, 11) is 0. The fourth-order valence-corrected chi connectivity index (χ4v) is 4.33. The van der Waals surface area contributed by atoms with Gasteiger partial charge in [-0.15, -0.1) is 36.2 Å². The Labute approximate surface area is 191 Å². The largest absolute Gasteiger partial charge is 0.348 e. The van der Waals surface area contributed by atoms with E-state index in [1.807, 2.05) is 35.7 Å². The van der Waals surface area contributed by atoms with E-state index in [4.69, 9.17) is 5.73 Å². The summed E-state index contributed by atoms with van der Waals surface area (Å²) in [5.41, 5.74) is 7.58. The molecule has 6 nitrogen and oxygen atoms in total. The van der Waals surface area contributed by atoms with Crippen molar-refractivity contribution in [3.8, 4) is 0 Å². The van der Waals surface area contributed by atoms with Gasteiger partial charge in [-0.1, -0.05) is 36.4 Å². The van der Waals surface area contributed by atoms with Gasteiger partial charge in [-0.05, 0) is 28.8 Å². The number of fused-ring (bicyclic) bond motifs is 1. The molecular formula is C21H24Cl2N4O2S. The lowest BCUT2D eigenvalue weighted by Crippen LogP contribution is -2.34. The van der Waals surface area contributed by atoms with Crippen molar-refractivity contribution < 1.29 is 9.59 Å². The molecule has 2 aromatic carbocycles. The minimum atomic E-state index is -0.254. The molecule has 0 bridgehead atoms. The Morgan fingerprint density at radius 1 is 1.20 bits per heavy atom. The number of rotatable bonds is 6. The van der Waals surface area contributed by atoms with E-state index in [1.54, 1.807) is 4.90 Å². The molecule has 3 N–H and O–H groups in total. The molecule has 0 aliphatic carbocycles. The van der Waals surface area contributed by atoms with Gasteiger partial charge in [0.15, 0.2) is 5.13 Å². The van der Waals surface area contributed by atoms with Gasteiger partial charge < -0.3 is 11.1 Å². The number of hydrogen-bond acceptors (Lipinski definition) is 5. The molecule has 9 heteroatoms. The molecule has 4 rings (SSSR count). The van der Waals surface area contributed by atoms with Crippen LogP contribution in [0.5, 0.6) is 0 Å². The number of halogens is 2. The first kappa shape index (κ1) is 24.1. The maximum Gasteiger partial charge on any atom is 0.228 e. The molecule has 0 saturated carbocycles. The number of nitrogens with one attached hydrogen (secondary N) is 1. The Bertz CT molecular complexity index is 1030. The van der Waals surface area contributed by atoms with Crippen LogP contribution in [0.1, 0.15) is 30.1 Å². The molecule has 30 heavy (non-hydrogen) atoms. The van der Waals surface area contributed by atoms with Gasteiger partial charge in [0.05, 0.1) is 18.2 Å². The second kappa shape index (κ2) is 10.7. The van der Waals surface area contributed by atoms with Crippen LogP contribution in [-0.4, -0.2) is 29.9 Å². The van der Waals surface area contributed by atoms with Crippen LogP contribution >= 0.6 is 36.2 Å². The molecule has 1 aromatic heterocycles. The Balaban J connectivity index is 0.00000160. The van der Waals surface area contributed by atoms with E-state index >= 15 is 0 Å². The standard InChI is InChI=1S/C21H22N4O2S.2ClH/c22-12-18(16-8-7-14-4-1-2-5-15(14)10-16)24-19(26)11-17-13-28-21(23-17)25-9-3-6-20(25)27;;/h1-2,4-5,7-8,10,13,18H,3,6,9,11-12,22H2,(H,24,26);2*1H. The predicted molar refractivity (Wildman–Crippen MR) is 126 cm³/mol. The number of benzene rings is 2. The number of nitrogens with two attached hydrogens (primary N) is 1. The summed E-state index contributed by atoms with van der Waals surface area (Å²) in [4.78, 5) is 30.5. The van der Waals surface area contributed by atoms with E-state index in [1.165, 1.54) is 11.3 Å². The number of anilines is 1. The van der Waals surface area contributed by atoms with Crippen molar-refractivity contribution in [3.05, 3.63) is 59.1 Å². The lowest BCUT2D eigenvalue weighted by molar-refractivity contribution is -0.121. The second-order valence-corrected chi connectivity index (χ2v) is 7.75. The number of nitrogens with zero attached hydrogens (tertiary/aromatic N) is 2. The summed E-state index contributed by atoms with van der Waals surface area (Å²) in [6, 6.07) is 13.9. The van der Waals surface area contributed by atoms with Crippen molar-refractivity contribution >= 4 is 63.9 Å². The normalized spacial score (nSPS) is 14.2. The first-order valence-corrected chi connectivity index (χ1v) is 10.2. The van der Waals surface area contributed by atoms with Crippen LogP contribution in [0.3, 0.4) is 0 Å². The van der Waals surface area contributed by atoms with Crippen LogP contribution in [0.25, 0.3) is 10.8 Å². The molecule has 1 atom stereocenters. The van der Waals surface area contributed by atoms with E-state index in [0.717, 1.165) is 22.8 Å². The van der Waals surface area contributed by atoms with E-state index in [9.17, 15) is 9.59 Å². The summed E-state index contributed by atoms with van der Waals surface area (Å²) in [6.07, 6.45) is 1.60. The van der Waals surface area contributed by atoms with Crippen molar-refractivity contribution in [2.24, 2.45) is 5.73 Å². The highest BCUT2D eigenvalue weighted by Crippen LogP contribution is 2.25. The van der Waals surface area contributed by atoms with Crippen molar-refractivity contribution in [3.63, 3.8) is 0 Å². The average molecular weight is 467 g/mol. The van der Waals surface area contributed by atoms with Crippen molar-refractivity contribution in [2.45, 2.75) is 25.3 Å². The molecule has 2 heterocycles. The maximum atomic E-state index is 12.5. The third-order valence-corrected chi connectivity index (χ3v) is 5.84. The van der Waals surface area contributed by atoms with Gasteiger partial charge in [-0.25, -0.2) is 4.98 Å². The van der Waals surface area contributed by atoms with E-state index < -0.39 is 0 Å². The fraction of sp³-hybridized carbons (Fsp3) is 0.286. The van der Waals surface area contributed by atoms with E-state index in [2.05, 4.69) is 22.4 Å². The van der Waals surface area contributed by atoms with Crippen LogP contribution < -0.4 is 16.0 Å². The fourth-order valence-electron chi connectivity index (χ4n) is 3.46. The smallest absolute Gasteiger partial charge is 0.228 e. The van der Waals surface area contributed by atoms with E-state index in [0.29, 0.717) is 30.3 Å². The SMILES string of the molecule is Cl.Cl.NCC(NC(=O)Cc1csc(N2CCCC2=O)n1)c1ccc2ccccc2c1. The lowest BCUT2D eigenvalue weighted by atomic mass is 10.0. The van der Waals surface area contributed by atoms with Gasteiger partial charge in [0.25, 0.3) is 0 Å². The molecule has 2 amide bonds. The minimum absolute atomic E-state index is 0. The Morgan fingerprint density at radius 2 is 1.97 bits per heavy atom.